The molecule has 0 aliphatic carbocycles. The minimum atomic E-state index is 0.0137. The zero-order valence-electron chi connectivity index (χ0n) is 11.1. The van der Waals surface area contributed by atoms with Crippen molar-refractivity contribution in [2.75, 3.05) is 7.05 Å². The van der Waals surface area contributed by atoms with E-state index in [1.54, 1.807) is 36.2 Å². The maximum absolute atomic E-state index is 12.0. The normalized spacial score (nSPS) is 10.4. The average Bonchev–Trinajstić information content (AvgIpc) is 2.77. The van der Waals surface area contributed by atoms with Crippen LogP contribution < -0.4 is 0 Å². The van der Waals surface area contributed by atoms with Gasteiger partial charge in [0.1, 0.15) is 17.3 Å². The van der Waals surface area contributed by atoms with E-state index >= 15 is 0 Å². The molecule has 19 heavy (non-hydrogen) atoms. The number of aromatic hydroxyl groups is 1. The van der Waals surface area contributed by atoms with Crippen molar-refractivity contribution >= 4 is 5.91 Å². The number of nitrogens with zero attached hydrogens (tertiary/aromatic N) is 1. The van der Waals surface area contributed by atoms with Crippen LogP contribution in [0.2, 0.25) is 0 Å². The molecule has 0 aliphatic heterocycles. The Morgan fingerprint density at radius 2 is 1.89 bits per heavy atom. The number of aryl methyl sites for hydroxylation is 1. The Labute approximate surface area is 112 Å². The predicted octanol–water partition coefficient (Wildman–Crippen LogP) is 2.49. The first-order valence-electron chi connectivity index (χ1n) is 6.12. The zero-order valence-corrected chi connectivity index (χ0v) is 11.1. The van der Waals surface area contributed by atoms with Gasteiger partial charge in [0.15, 0.2) is 0 Å². The molecule has 0 saturated heterocycles. The maximum Gasteiger partial charge on any atom is 0.227 e. The second-order valence-electron chi connectivity index (χ2n) is 4.61. The standard InChI is InChI=1S/C15H17NO3/c1-11-3-8-14(19-11)10-16(2)15(18)9-12-4-6-13(17)7-5-12/h3-8,17H,9-10H2,1-2H3. The van der Waals surface area contributed by atoms with E-state index in [0.717, 1.165) is 17.1 Å². The molecule has 0 radical (unpaired) electrons. The van der Waals surface area contributed by atoms with Crippen molar-refractivity contribution in [1.29, 1.82) is 0 Å². The van der Waals surface area contributed by atoms with E-state index in [1.807, 2.05) is 19.1 Å². The van der Waals surface area contributed by atoms with Gasteiger partial charge in [-0.15, -0.1) is 0 Å². The van der Waals surface area contributed by atoms with E-state index in [2.05, 4.69) is 0 Å². The molecule has 0 spiro atoms. The van der Waals surface area contributed by atoms with Gasteiger partial charge in [0.05, 0.1) is 13.0 Å². The number of phenols is 1. The van der Waals surface area contributed by atoms with Crippen LogP contribution in [0.3, 0.4) is 0 Å². The molecule has 2 rings (SSSR count). The molecule has 1 amide bonds. The Kier molecular flexibility index (Phi) is 3.90. The van der Waals surface area contributed by atoms with Gasteiger partial charge in [0.2, 0.25) is 5.91 Å². The summed E-state index contributed by atoms with van der Waals surface area (Å²) >= 11 is 0. The number of furan rings is 1. The predicted molar refractivity (Wildman–Crippen MR) is 71.7 cm³/mol. The Hall–Kier alpha value is -2.23. The summed E-state index contributed by atoms with van der Waals surface area (Å²) < 4.78 is 5.44. The third-order valence-electron chi connectivity index (χ3n) is 2.91. The lowest BCUT2D eigenvalue weighted by atomic mass is 10.1. The van der Waals surface area contributed by atoms with E-state index in [4.69, 9.17) is 4.42 Å². The smallest absolute Gasteiger partial charge is 0.227 e. The summed E-state index contributed by atoms with van der Waals surface area (Å²) in [4.78, 5) is 13.7. The van der Waals surface area contributed by atoms with Gasteiger partial charge < -0.3 is 14.4 Å². The van der Waals surface area contributed by atoms with Crippen LogP contribution >= 0.6 is 0 Å². The number of carbonyl (C=O) groups is 1. The van der Waals surface area contributed by atoms with Crippen LogP contribution in [-0.2, 0) is 17.8 Å². The molecule has 0 aliphatic rings. The van der Waals surface area contributed by atoms with Crippen LogP contribution in [0.1, 0.15) is 17.1 Å². The summed E-state index contributed by atoms with van der Waals surface area (Å²) in [5.74, 6) is 1.84. The fourth-order valence-corrected chi connectivity index (χ4v) is 1.82. The number of rotatable bonds is 4. The van der Waals surface area contributed by atoms with Gasteiger partial charge in [-0.2, -0.15) is 0 Å². The van der Waals surface area contributed by atoms with E-state index in [9.17, 15) is 9.90 Å². The Morgan fingerprint density at radius 1 is 1.21 bits per heavy atom. The highest BCUT2D eigenvalue weighted by molar-refractivity contribution is 5.78. The topological polar surface area (TPSA) is 53.7 Å². The molecule has 1 heterocycles. The highest BCUT2D eigenvalue weighted by Gasteiger charge is 2.11. The summed E-state index contributed by atoms with van der Waals surface area (Å²) in [6, 6.07) is 10.4. The lowest BCUT2D eigenvalue weighted by molar-refractivity contribution is -0.129. The molecular weight excluding hydrogens is 242 g/mol. The van der Waals surface area contributed by atoms with Crippen molar-refractivity contribution in [3.05, 3.63) is 53.5 Å². The Bertz CT molecular complexity index is 557. The van der Waals surface area contributed by atoms with Gasteiger partial charge in [-0.3, -0.25) is 4.79 Å². The summed E-state index contributed by atoms with van der Waals surface area (Å²) in [5, 5.41) is 9.19. The van der Waals surface area contributed by atoms with Gasteiger partial charge in [-0.1, -0.05) is 12.1 Å². The summed E-state index contributed by atoms with van der Waals surface area (Å²) in [6.45, 7) is 2.34. The number of hydrogen-bond donors (Lipinski definition) is 1. The molecule has 100 valence electrons. The number of hydrogen-bond acceptors (Lipinski definition) is 3. The molecule has 2 aromatic rings. The SMILES string of the molecule is Cc1ccc(CN(C)C(=O)Cc2ccc(O)cc2)o1. The zero-order chi connectivity index (χ0) is 13.8. The van der Waals surface area contributed by atoms with E-state index < -0.39 is 0 Å². The lowest BCUT2D eigenvalue weighted by Crippen LogP contribution is -2.27. The van der Waals surface area contributed by atoms with Crippen molar-refractivity contribution < 1.29 is 14.3 Å². The second kappa shape index (κ2) is 5.61. The molecule has 1 aromatic carbocycles. The first-order chi connectivity index (χ1) is 9.04. The third-order valence-corrected chi connectivity index (χ3v) is 2.91. The molecule has 0 atom stereocenters. The largest absolute Gasteiger partial charge is 0.508 e. The minimum absolute atomic E-state index is 0.0137. The number of benzene rings is 1. The number of likely N-dealkylation sites (N-methyl/N-ethyl adjacent to an activating group) is 1. The van der Waals surface area contributed by atoms with Gasteiger partial charge in [0.25, 0.3) is 0 Å². The first-order valence-corrected chi connectivity index (χ1v) is 6.12. The van der Waals surface area contributed by atoms with Crippen LogP contribution in [0.25, 0.3) is 0 Å². The second-order valence-corrected chi connectivity index (χ2v) is 4.61. The third kappa shape index (κ3) is 3.61. The molecule has 0 fully saturated rings. The molecule has 1 aromatic heterocycles. The monoisotopic (exact) mass is 259 g/mol. The van der Waals surface area contributed by atoms with Crippen LogP contribution in [-0.4, -0.2) is 23.0 Å². The average molecular weight is 259 g/mol. The van der Waals surface area contributed by atoms with Crippen molar-refractivity contribution in [2.45, 2.75) is 19.9 Å². The van der Waals surface area contributed by atoms with E-state index in [1.165, 1.54) is 0 Å². The Morgan fingerprint density at radius 3 is 2.47 bits per heavy atom. The van der Waals surface area contributed by atoms with Crippen molar-refractivity contribution in [3.63, 3.8) is 0 Å². The van der Waals surface area contributed by atoms with Crippen LogP contribution in [0.5, 0.6) is 5.75 Å². The van der Waals surface area contributed by atoms with Gasteiger partial charge in [0, 0.05) is 7.05 Å². The minimum Gasteiger partial charge on any atom is -0.508 e. The summed E-state index contributed by atoms with van der Waals surface area (Å²) in [5.41, 5.74) is 0.880. The van der Waals surface area contributed by atoms with Gasteiger partial charge in [-0.25, -0.2) is 0 Å². The summed E-state index contributed by atoms with van der Waals surface area (Å²) in [6.07, 6.45) is 0.316. The van der Waals surface area contributed by atoms with E-state index in [0.29, 0.717) is 13.0 Å². The molecule has 0 saturated carbocycles. The summed E-state index contributed by atoms with van der Waals surface area (Å²) in [7, 11) is 1.75. The fraction of sp³-hybridized carbons (Fsp3) is 0.267. The van der Waals surface area contributed by atoms with Crippen LogP contribution in [0, 0.1) is 6.92 Å². The highest BCUT2D eigenvalue weighted by atomic mass is 16.3. The lowest BCUT2D eigenvalue weighted by Gasteiger charge is -2.15. The van der Waals surface area contributed by atoms with Crippen molar-refractivity contribution in [1.82, 2.24) is 4.90 Å². The van der Waals surface area contributed by atoms with E-state index in [-0.39, 0.29) is 11.7 Å². The van der Waals surface area contributed by atoms with Gasteiger partial charge in [-0.05, 0) is 36.8 Å². The molecule has 0 unspecified atom stereocenters. The first kappa shape index (κ1) is 13.2. The number of phenolic OH excluding ortho intramolecular Hbond substituents is 1. The molecule has 4 heteroatoms. The molecule has 1 N–H and O–H groups in total. The highest BCUT2D eigenvalue weighted by Crippen LogP contribution is 2.12. The molecule has 4 nitrogen and oxygen atoms in total. The van der Waals surface area contributed by atoms with Crippen molar-refractivity contribution in [3.8, 4) is 5.75 Å². The maximum atomic E-state index is 12.0. The van der Waals surface area contributed by atoms with Crippen LogP contribution in [0.15, 0.2) is 40.8 Å². The fourth-order valence-electron chi connectivity index (χ4n) is 1.82. The Balaban J connectivity index is 1.94. The quantitative estimate of drug-likeness (QED) is 0.917. The number of carbonyl (C=O) groups excluding carboxylic acids is 1. The van der Waals surface area contributed by atoms with Crippen LogP contribution in [0.4, 0.5) is 0 Å². The molecule has 0 bridgehead atoms. The number of amides is 1. The van der Waals surface area contributed by atoms with Crippen molar-refractivity contribution in [2.24, 2.45) is 0 Å². The van der Waals surface area contributed by atoms with Gasteiger partial charge >= 0.3 is 0 Å². The molecular formula is C15H17NO3.